The van der Waals surface area contributed by atoms with Crippen LogP contribution in [0.2, 0.25) is 5.02 Å². The first-order valence-electron chi connectivity index (χ1n) is 6.98. The molecule has 2 N–H and O–H groups in total. The Morgan fingerprint density at radius 1 is 1.47 bits per heavy atom. The van der Waals surface area contributed by atoms with Gasteiger partial charge in [0, 0.05) is 30.2 Å². The third-order valence-electron chi connectivity index (χ3n) is 4.15. The van der Waals surface area contributed by atoms with Crippen molar-refractivity contribution in [3.05, 3.63) is 34.9 Å². The maximum atomic E-state index is 6.32. The number of likely N-dealkylation sites (tertiary alicyclic amines) is 1. The first kappa shape index (κ1) is 14.8. The molecule has 2 atom stereocenters. The van der Waals surface area contributed by atoms with Crippen molar-refractivity contribution in [2.75, 3.05) is 33.7 Å². The summed E-state index contributed by atoms with van der Waals surface area (Å²) >= 11 is 6.32. The third kappa shape index (κ3) is 3.48. The third-order valence-corrected chi connectivity index (χ3v) is 4.50. The Hall–Kier alpha value is -0.610. The minimum absolute atomic E-state index is 0.199. The van der Waals surface area contributed by atoms with Crippen molar-refractivity contribution in [1.29, 1.82) is 0 Å². The number of nitrogens with two attached hydrogens (primary N) is 1. The van der Waals surface area contributed by atoms with E-state index in [0.717, 1.165) is 17.1 Å². The Balaban J connectivity index is 2.15. The molecule has 0 aliphatic carbocycles. The molecule has 0 aromatic heterocycles. The van der Waals surface area contributed by atoms with Crippen molar-refractivity contribution in [2.45, 2.75) is 24.9 Å². The van der Waals surface area contributed by atoms with Gasteiger partial charge in [-0.3, -0.25) is 4.90 Å². The van der Waals surface area contributed by atoms with E-state index in [1.165, 1.54) is 19.4 Å². The number of rotatable bonds is 4. The van der Waals surface area contributed by atoms with E-state index in [4.69, 9.17) is 17.3 Å². The van der Waals surface area contributed by atoms with Crippen LogP contribution in [-0.4, -0.2) is 49.6 Å². The number of halogens is 1. The summed E-state index contributed by atoms with van der Waals surface area (Å²) in [4.78, 5) is 4.79. The SMILES string of the molecule is CN1CCCC(N(C)C(CN)c2ccccc2Cl)C1. The second-order valence-corrected chi connectivity index (χ2v) is 5.90. The van der Waals surface area contributed by atoms with Crippen molar-refractivity contribution in [3.8, 4) is 0 Å². The molecule has 106 valence electrons. The zero-order chi connectivity index (χ0) is 13.8. The quantitative estimate of drug-likeness (QED) is 0.920. The van der Waals surface area contributed by atoms with Crippen LogP contribution in [0.25, 0.3) is 0 Å². The summed E-state index contributed by atoms with van der Waals surface area (Å²) in [5.74, 6) is 0. The maximum Gasteiger partial charge on any atom is 0.0485 e. The van der Waals surface area contributed by atoms with E-state index >= 15 is 0 Å². The van der Waals surface area contributed by atoms with Gasteiger partial charge in [-0.25, -0.2) is 0 Å². The summed E-state index contributed by atoms with van der Waals surface area (Å²) in [6.07, 6.45) is 2.49. The fourth-order valence-corrected chi connectivity index (χ4v) is 3.25. The summed E-state index contributed by atoms with van der Waals surface area (Å²) in [7, 11) is 4.36. The highest BCUT2D eigenvalue weighted by Crippen LogP contribution is 2.29. The van der Waals surface area contributed by atoms with Crippen LogP contribution in [0.5, 0.6) is 0 Å². The number of hydrogen-bond donors (Lipinski definition) is 1. The Morgan fingerprint density at radius 3 is 2.84 bits per heavy atom. The molecule has 0 radical (unpaired) electrons. The van der Waals surface area contributed by atoms with Crippen LogP contribution in [0, 0.1) is 0 Å². The van der Waals surface area contributed by atoms with Gasteiger partial charge in [-0.1, -0.05) is 29.8 Å². The maximum absolute atomic E-state index is 6.32. The van der Waals surface area contributed by atoms with Crippen LogP contribution < -0.4 is 5.73 Å². The first-order valence-corrected chi connectivity index (χ1v) is 7.36. The Morgan fingerprint density at radius 2 is 2.21 bits per heavy atom. The smallest absolute Gasteiger partial charge is 0.0485 e. The van der Waals surface area contributed by atoms with E-state index in [-0.39, 0.29) is 6.04 Å². The zero-order valence-corrected chi connectivity index (χ0v) is 12.6. The van der Waals surface area contributed by atoms with Crippen molar-refractivity contribution in [2.24, 2.45) is 5.73 Å². The van der Waals surface area contributed by atoms with Gasteiger partial charge in [0.2, 0.25) is 0 Å². The van der Waals surface area contributed by atoms with Gasteiger partial charge in [-0.15, -0.1) is 0 Å². The molecule has 2 rings (SSSR count). The monoisotopic (exact) mass is 281 g/mol. The number of likely N-dealkylation sites (N-methyl/N-ethyl adjacent to an activating group) is 2. The van der Waals surface area contributed by atoms with Crippen molar-refractivity contribution >= 4 is 11.6 Å². The largest absolute Gasteiger partial charge is 0.329 e. The van der Waals surface area contributed by atoms with Gasteiger partial charge in [0.15, 0.2) is 0 Å². The number of piperidine rings is 1. The highest BCUT2D eigenvalue weighted by atomic mass is 35.5. The van der Waals surface area contributed by atoms with Crippen LogP contribution >= 0.6 is 11.6 Å². The number of benzene rings is 1. The fraction of sp³-hybridized carbons (Fsp3) is 0.600. The molecule has 19 heavy (non-hydrogen) atoms. The van der Waals surface area contributed by atoms with Crippen molar-refractivity contribution in [1.82, 2.24) is 9.80 Å². The lowest BCUT2D eigenvalue weighted by Gasteiger charge is -2.40. The average Bonchev–Trinajstić information content (AvgIpc) is 2.41. The van der Waals surface area contributed by atoms with Crippen LogP contribution in [0.1, 0.15) is 24.4 Å². The van der Waals surface area contributed by atoms with E-state index < -0.39 is 0 Å². The highest BCUT2D eigenvalue weighted by Gasteiger charge is 2.27. The topological polar surface area (TPSA) is 32.5 Å². The van der Waals surface area contributed by atoms with Crippen molar-refractivity contribution in [3.63, 3.8) is 0 Å². The van der Waals surface area contributed by atoms with Gasteiger partial charge in [0.1, 0.15) is 0 Å². The molecule has 0 saturated carbocycles. The second kappa shape index (κ2) is 6.71. The summed E-state index contributed by atoms with van der Waals surface area (Å²) < 4.78 is 0. The predicted octanol–water partition coefficient (Wildman–Crippen LogP) is 2.37. The average molecular weight is 282 g/mol. The van der Waals surface area contributed by atoms with Gasteiger partial charge in [-0.2, -0.15) is 0 Å². The lowest BCUT2D eigenvalue weighted by atomic mass is 9.99. The molecule has 1 saturated heterocycles. The van der Waals surface area contributed by atoms with Gasteiger partial charge in [0.05, 0.1) is 0 Å². The molecule has 1 aliphatic rings. The molecule has 0 spiro atoms. The molecule has 1 aliphatic heterocycles. The van der Waals surface area contributed by atoms with E-state index in [9.17, 15) is 0 Å². The standard InChI is InChI=1S/C15H24ClN3/c1-18-9-5-6-12(11-18)19(2)15(10-17)13-7-3-4-8-14(13)16/h3-4,7-8,12,15H,5-6,9-11,17H2,1-2H3. The van der Waals surface area contributed by atoms with E-state index in [0.29, 0.717) is 12.6 Å². The number of nitrogens with zero attached hydrogens (tertiary/aromatic N) is 2. The molecule has 0 bridgehead atoms. The van der Waals surface area contributed by atoms with E-state index in [2.05, 4.69) is 30.0 Å². The Bertz CT molecular complexity index is 410. The fourth-order valence-electron chi connectivity index (χ4n) is 2.98. The lowest BCUT2D eigenvalue weighted by molar-refractivity contribution is 0.101. The lowest BCUT2D eigenvalue weighted by Crippen LogP contribution is -2.47. The zero-order valence-electron chi connectivity index (χ0n) is 11.8. The Labute approximate surface area is 121 Å². The van der Waals surface area contributed by atoms with Crippen LogP contribution in [0.3, 0.4) is 0 Å². The van der Waals surface area contributed by atoms with Gasteiger partial charge in [0.25, 0.3) is 0 Å². The number of hydrogen-bond acceptors (Lipinski definition) is 3. The minimum Gasteiger partial charge on any atom is -0.329 e. The molecule has 4 heteroatoms. The molecule has 1 fully saturated rings. The summed E-state index contributed by atoms with van der Waals surface area (Å²) in [6.45, 7) is 2.90. The Kier molecular flexibility index (Phi) is 5.22. The molecule has 2 unspecified atom stereocenters. The van der Waals surface area contributed by atoms with E-state index in [1.807, 2.05) is 18.2 Å². The van der Waals surface area contributed by atoms with Gasteiger partial charge in [-0.05, 0) is 45.1 Å². The first-order chi connectivity index (χ1) is 9.13. The van der Waals surface area contributed by atoms with E-state index in [1.54, 1.807) is 0 Å². The molecule has 1 heterocycles. The summed E-state index contributed by atoms with van der Waals surface area (Å²) in [6, 6.07) is 8.79. The van der Waals surface area contributed by atoms with Crippen LogP contribution in [-0.2, 0) is 0 Å². The predicted molar refractivity (Wildman–Crippen MR) is 81.5 cm³/mol. The second-order valence-electron chi connectivity index (χ2n) is 5.50. The molecular formula is C15H24ClN3. The normalized spacial score (nSPS) is 22.7. The minimum atomic E-state index is 0.199. The van der Waals surface area contributed by atoms with Gasteiger partial charge >= 0.3 is 0 Å². The summed E-state index contributed by atoms with van der Waals surface area (Å²) in [5.41, 5.74) is 7.14. The molecule has 3 nitrogen and oxygen atoms in total. The van der Waals surface area contributed by atoms with Crippen LogP contribution in [0.4, 0.5) is 0 Å². The van der Waals surface area contributed by atoms with Gasteiger partial charge < -0.3 is 10.6 Å². The van der Waals surface area contributed by atoms with Crippen LogP contribution in [0.15, 0.2) is 24.3 Å². The molecule has 1 aromatic rings. The molecule has 0 amide bonds. The summed E-state index contributed by atoms with van der Waals surface area (Å²) in [5, 5.41) is 0.814. The highest BCUT2D eigenvalue weighted by molar-refractivity contribution is 6.31. The molecule has 1 aromatic carbocycles. The van der Waals surface area contributed by atoms with Crippen molar-refractivity contribution < 1.29 is 0 Å². The molecular weight excluding hydrogens is 258 g/mol.